The molecule has 3 rings (SSSR count). The number of nitrogens with zero attached hydrogens (tertiary/aromatic N) is 1. The zero-order chi connectivity index (χ0) is 12.7. The molecule has 1 unspecified atom stereocenters. The number of hydrogen-bond donors (Lipinski definition) is 1. The smallest absolute Gasteiger partial charge is 0.249 e. The third kappa shape index (κ3) is 3.06. The zero-order valence-electron chi connectivity index (χ0n) is 10.6. The summed E-state index contributed by atoms with van der Waals surface area (Å²) in [6, 6.07) is 7.71. The summed E-state index contributed by atoms with van der Waals surface area (Å²) in [6.07, 6.45) is 0.671. The Morgan fingerprint density at radius 3 is 2.70 bits per heavy atom. The summed E-state index contributed by atoms with van der Waals surface area (Å²) >= 11 is 0. The van der Waals surface area contributed by atoms with Gasteiger partial charge in [-0.05, 0) is 6.42 Å². The van der Waals surface area contributed by atoms with Gasteiger partial charge >= 0.3 is 0 Å². The Bertz CT molecular complexity index is 564. The first-order chi connectivity index (χ1) is 8.66. The second kappa shape index (κ2) is 6.99. The normalized spacial score (nSPS) is 20.7. The van der Waals surface area contributed by atoms with Gasteiger partial charge in [-0.3, -0.25) is 19.7 Å². The summed E-state index contributed by atoms with van der Waals surface area (Å²) in [6.45, 7) is 0.390. The Kier molecular flexibility index (Phi) is 6.14. The first-order valence-corrected chi connectivity index (χ1v) is 5.81. The molecule has 2 aliphatic rings. The number of nitrogens with one attached hydrogen (secondary N) is 1. The van der Waals surface area contributed by atoms with Crippen LogP contribution in [0.1, 0.15) is 28.8 Å². The average molecular weight is 383 g/mol. The monoisotopic (exact) mass is 383 g/mol. The van der Waals surface area contributed by atoms with Crippen molar-refractivity contribution in [1.82, 2.24) is 10.2 Å². The predicted octanol–water partition coefficient (Wildman–Crippen LogP) is 0.243. The molecule has 3 amide bonds. The second-order valence-electron chi connectivity index (χ2n) is 4.46. The summed E-state index contributed by atoms with van der Waals surface area (Å²) in [5.74, 6) is -0.810. The van der Waals surface area contributed by atoms with Gasteiger partial charge in [-0.1, -0.05) is 5.56 Å². The van der Waals surface area contributed by atoms with Crippen molar-refractivity contribution in [3.8, 4) is 0 Å². The van der Waals surface area contributed by atoms with E-state index in [0.29, 0.717) is 18.5 Å². The molecule has 20 heavy (non-hydrogen) atoms. The van der Waals surface area contributed by atoms with E-state index >= 15 is 0 Å². The maximum Gasteiger partial charge on any atom is 0.249 e. The Labute approximate surface area is 153 Å². The number of rotatable bonds is 1. The molecule has 1 aromatic rings. The minimum atomic E-state index is -0.545. The van der Waals surface area contributed by atoms with Gasteiger partial charge in [0.15, 0.2) is 5.91 Å². The zero-order valence-corrected chi connectivity index (χ0v) is 14.9. The van der Waals surface area contributed by atoms with E-state index in [1.807, 2.05) is 0 Å². The van der Waals surface area contributed by atoms with Crippen LogP contribution in [0.25, 0.3) is 0 Å². The number of hydrogen-bond acceptors (Lipinski definition) is 3. The fourth-order valence-corrected chi connectivity index (χ4v) is 2.43. The molecule has 5 nitrogen and oxygen atoms in total. The van der Waals surface area contributed by atoms with Gasteiger partial charge in [-0.15, -0.1) is 5.56 Å². The molecular formula is C13H11N2O3VY-. The molecule has 100 valence electrons. The summed E-state index contributed by atoms with van der Waals surface area (Å²) in [4.78, 5) is 36.5. The number of piperidine rings is 1. The van der Waals surface area contributed by atoms with Gasteiger partial charge in [0.1, 0.15) is 6.04 Å². The van der Waals surface area contributed by atoms with Crippen LogP contribution in [0.2, 0.25) is 0 Å². The Morgan fingerprint density at radius 1 is 1.30 bits per heavy atom. The van der Waals surface area contributed by atoms with Crippen LogP contribution < -0.4 is 5.32 Å². The van der Waals surface area contributed by atoms with Crippen molar-refractivity contribution in [3.63, 3.8) is 0 Å². The van der Waals surface area contributed by atoms with E-state index in [2.05, 4.69) is 11.4 Å². The fourth-order valence-electron chi connectivity index (χ4n) is 2.43. The van der Waals surface area contributed by atoms with Crippen LogP contribution in [0.4, 0.5) is 0 Å². The van der Waals surface area contributed by atoms with Crippen molar-refractivity contribution in [1.29, 1.82) is 0 Å². The molecule has 0 aromatic heterocycles. The molecule has 1 atom stereocenters. The maximum absolute atomic E-state index is 12.2. The van der Waals surface area contributed by atoms with Gasteiger partial charge < -0.3 is 4.90 Å². The van der Waals surface area contributed by atoms with Gasteiger partial charge in [0, 0.05) is 64.2 Å². The molecule has 1 N–H and O–H groups in total. The van der Waals surface area contributed by atoms with E-state index in [1.54, 1.807) is 18.2 Å². The molecule has 1 fully saturated rings. The van der Waals surface area contributed by atoms with Crippen molar-refractivity contribution in [2.24, 2.45) is 0 Å². The topological polar surface area (TPSA) is 66.5 Å². The molecular weight excluding hydrogens is 372 g/mol. The van der Waals surface area contributed by atoms with Crippen LogP contribution in [-0.4, -0.2) is 28.7 Å². The number of amides is 3. The van der Waals surface area contributed by atoms with Crippen LogP contribution in [-0.2, 0) is 67.4 Å². The SMILES string of the molecule is O=C1CCC(N2Cc3[c-]cccc3C2=O)C(=O)N1.[V].[Y]. The van der Waals surface area contributed by atoms with Gasteiger partial charge in [0.05, 0.1) is 0 Å². The van der Waals surface area contributed by atoms with E-state index in [4.69, 9.17) is 0 Å². The standard InChI is InChI=1S/C13H11N2O3.V.Y/c16-11-6-5-10(12(17)14-11)15-7-8-3-1-2-4-9(8)13(15)18;;/h1-2,4,10H,5-7H2,(H,14,16,17);;/q-1;;. The quantitative estimate of drug-likeness (QED) is 0.559. The van der Waals surface area contributed by atoms with E-state index in [0.717, 1.165) is 5.56 Å². The molecule has 1 aromatic carbocycles. The molecule has 0 aliphatic carbocycles. The first kappa shape index (κ1) is 17.6. The molecule has 2 heterocycles. The van der Waals surface area contributed by atoms with Crippen LogP contribution in [0.15, 0.2) is 18.2 Å². The van der Waals surface area contributed by atoms with Crippen molar-refractivity contribution >= 4 is 17.7 Å². The molecule has 0 bridgehead atoms. The number of imide groups is 1. The summed E-state index contributed by atoms with van der Waals surface area (Å²) in [7, 11) is 0. The minimum Gasteiger partial charge on any atom is -0.335 e. The largest absolute Gasteiger partial charge is 0.335 e. The molecule has 1 saturated heterocycles. The summed E-state index contributed by atoms with van der Waals surface area (Å²) in [5.41, 5.74) is 1.41. The van der Waals surface area contributed by atoms with E-state index in [9.17, 15) is 14.4 Å². The third-order valence-corrected chi connectivity index (χ3v) is 3.35. The Morgan fingerprint density at radius 2 is 2.05 bits per heavy atom. The van der Waals surface area contributed by atoms with Crippen LogP contribution >= 0.6 is 0 Å². The van der Waals surface area contributed by atoms with E-state index < -0.39 is 6.04 Å². The van der Waals surface area contributed by atoms with Gasteiger partial charge in [-0.25, -0.2) is 0 Å². The predicted molar refractivity (Wildman–Crippen MR) is 61.3 cm³/mol. The third-order valence-electron chi connectivity index (χ3n) is 3.35. The van der Waals surface area contributed by atoms with Crippen LogP contribution in [0, 0.1) is 6.07 Å². The van der Waals surface area contributed by atoms with Crippen molar-refractivity contribution in [2.45, 2.75) is 25.4 Å². The molecule has 2 radical (unpaired) electrons. The number of carbonyl (C=O) groups excluding carboxylic acids is 3. The Balaban J connectivity index is 0.000001000. The van der Waals surface area contributed by atoms with Gasteiger partial charge in [0.2, 0.25) is 11.8 Å². The minimum absolute atomic E-state index is 0. The number of carbonyl (C=O) groups is 3. The number of benzene rings is 1. The van der Waals surface area contributed by atoms with Gasteiger partial charge in [-0.2, -0.15) is 24.3 Å². The van der Waals surface area contributed by atoms with Crippen LogP contribution in [0.5, 0.6) is 0 Å². The molecule has 0 saturated carbocycles. The first-order valence-electron chi connectivity index (χ1n) is 5.81. The summed E-state index contributed by atoms with van der Waals surface area (Å²) < 4.78 is 0. The second-order valence-corrected chi connectivity index (χ2v) is 4.46. The van der Waals surface area contributed by atoms with E-state index in [-0.39, 0.29) is 75.4 Å². The van der Waals surface area contributed by atoms with E-state index in [1.165, 1.54) is 4.90 Å². The summed E-state index contributed by atoms with van der Waals surface area (Å²) in [5, 5.41) is 2.27. The van der Waals surface area contributed by atoms with Crippen LogP contribution in [0.3, 0.4) is 0 Å². The number of fused-ring (bicyclic) bond motifs is 1. The average Bonchev–Trinajstić information content (AvgIpc) is 2.68. The van der Waals surface area contributed by atoms with Crippen molar-refractivity contribution < 1.29 is 65.6 Å². The van der Waals surface area contributed by atoms with Gasteiger partial charge in [0.25, 0.3) is 0 Å². The molecule has 0 spiro atoms. The molecule has 7 heteroatoms. The van der Waals surface area contributed by atoms with Crippen molar-refractivity contribution in [3.05, 3.63) is 35.4 Å². The maximum atomic E-state index is 12.2. The molecule has 2 aliphatic heterocycles. The fraction of sp³-hybridized carbons (Fsp3) is 0.308. The van der Waals surface area contributed by atoms with Crippen molar-refractivity contribution in [2.75, 3.05) is 0 Å². The Hall–Kier alpha value is -0.482.